The smallest absolute Gasteiger partial charge is 0.269 e. The summed E-state index contributed by atoms with van der Waals surface area (Å²) in [5, 5.41) is 29.3. The Balaban J connectivity index is 2.21. The van der Waals surface area contributed by atoms with Gasteiger partial charge in [0, 0.05) is 24.6 Å². The molecule has 5 heteroatoms. The lowest BCUT2D eigenvalue weighted by molar-refractivity contribution is -0.384. The second-order valence-corrected chi connectivity index (χ2v) is 3.91. The second kappa shape index (κ2) is 4.75. The van der Waals surface area contributed by atoms with Gasteiger partial charge in [-0.15, -0.1) is 0 Å². The number of rotatable bonds is 3. The van der Waals surface area contributed by atoms with Gasteiger partial charge < -0.3 is 10.2 Å². The molecule has 2 N–H and O–H groups in total. The van der Waals surface area contributed by atoms with E-state index in [0.717, 1.165) is 5.56 Å². The minimum absolute atomic E-state index is 0.0000467. The van der Waals surface area contributed by atoms with Crippen molar-refractivity contribution in [3.05, 3.63) is 63.7 Å². The highest BCUT2D eigenvalue weighted by molar-refractivity contribution is 5.42. The maximum atomic E-state index is 10.5. The Morgan fingerprint density at radius 1 is 1.06 bits per heavy atom. The Bertz CT molecular complexity index is 578. The molecule has 2 rings (SSSR count). The molecule has 0 heterocycles. The Hall–Kier alpha value is -2.56. The summed E-state index contributed by atoms with van der Waals surface area (Å²) in [6.45, 7) is 0. The fraction of sp³-hybridized carbons (Fsp3) is 0.0769. The van der Waals surface area contributed by atoms with Crippen molar-refractivity contribution in [2.24, 2.45) is 0 Å². The SMILES string of the molecule is O=[N+]([O-])c1ccc(Cc2ccc(O)cc2O)cc1. The molecule has 2 aromatic carbocycles. The zero-order valence-corrected chi connectivity index (χ0v) is 9.41. The van der Waals surface area contributed by atoms with Gasteiger partial charge in [0.15, 0.2) is 0 Å². The first kappa shape index (κ1) is 11.9. The van der Waals surface area contributed by atoms with Crippen molar-refractivity contribution in [1.82, 2.24) is 0 Å². The van der Waals surface area contributed by atoms with Gasteiger partial charge >= 0.3 is 0 Å². The largest absolute Gasteiger partial charge is 0.508 e. The first-order valence-corrected chi connectivity index (χ1v) is 5.30. The summed E-state index contributed by atoms with van der Waals surface area (Å²) < 4.78 is 0. The lowest BCUT2D eigenvalue weighted by Crippen LogP contribution is -1.91. The summed E-state index contributed by atoms with van der Waals surface area (Å²) in [5.74, 6) is 0.00769. The number of phenols is 2. The molecule has 0 aliphatic rings. The lowest BCUT2D eigenvalue weighted by atomic mass is 10.0. The molecule has 0 saturated heterocycles. The van der Waals surface area contributed by atoms with Crippen molar-refractivity contribution in [2.45, 2.75) is 6.42 Å². The quantitative estimate of drug-likeness (QED) is 0.643. The summed E-state index contributed by atoms with van der Waals surface area (Å²) in [5.41, 5.74) is 1.54. The van der Waals surface area contributed by atoms with Gasteiger partial charge in [-0.25, -0.2) is 0 Å². The van der Waals surface area contributed by atoms with Crippen molar-refractivity contribution >= 4 is 5.69 Å². The summed E-state index contributed by atoms with van der Waals surface area (Å²) in [6, 6.07) is 10.5. The van der Waals surface area contributed by atoms with E-state index in [4.69, 9.17) is 5.11 Å². The normalized spacial score (nSPS) is 10.2. The lowest BCUT2D eigenvalue weighted by Gasteiger charge is -2.05. The van der Waals surface area contributed by atoms with Gasteiger partial charge in [-0.05, 0) is 17.2 Å². The van der Waals surface area contributed by atoms with E-state index in [2.05, 4.69) is 0 Å². The molecule has 0 bridgehead atoms. The van der Waals surface area contributed by atoms with E-state index in [9.17, 15) is 15.2 Å². The highest BCUT2D eigenvalue weighted by atomic mass is 16.6. The van der Waals surface area contributed by atoms with Gasteiger partial charge in [0.1, 0.15) is 11.5 Å². The van der Waals surface area contributed by atoms with Gasteiger partial charge in [-0.2, -0.15) is 0 Å². The van der Waals surface area contributed by atoms with Crippen LogP contribution in [0.5, 0.6) is 11.5 Å². The first-order chi connectivity index (χ1) is 8.56. The van der Waals surface area contributed by atoms with E-state index in [0.29, 0.717) is 12.0 Å². The van der Waals surface area contributed by atoms with Crippen molar-refractivity contribution in [3.63, 3.8) is 0 Å². The van der Waals surface area contributed by atoms with Crippen molar-refractivity contribution in [2.75, 3.05) is 0 Å². The second-order valence-electron chi connectivity index (χ2n) is 3.91. The molecule has 0 saturated carbocycles. The van der Waals surface area contributed by atoms with Crippen molar-refractivity contribution in [1.29, 1.82) is 0 Å². The molecule has 0 amide bonds. The Morgan fingerprint density at radius 2 is 1.72 bits per heavy atom. The number of hydrogen-bond donors (Lipinski definition) is 2. The summed E-state index contributed by atoms with van der Waals surface area (Å²) >= 11 is 0. The van der Waals surface area contributed by atoms with Crippen LogP contribution >= 0.6 is 0 Å². The van der Waals surface area contributed by atoms with Crippen LogP contribution < -0.4 is 0 Å². The third-order valence-electron chi connectivity index (χ3n) is 2.61. The molecular weight excluding hydrogens is 234 g/mol. The van der Waals surface area contributed by atoms with Crippen molar-refractivity contribution in [3.8, 4) is 11.5 Å². The Labute approximate surface area is 103 Å². The van der Waals surface area contributed by atoms with Gasteiger partial charge in [0.2, 0.25) is 0 Å². The van der Waals surface area contributed by atoms with E-state index < -0.39 is 4.92 Å². The van der Waals surface area contributed by atoms with Crippen LogP contribution in [0.25, 0.3) is 0 Å². The number of nitro groups is 1. The predicted octanol–water partition coefficient (Wildman–Crippen LogP) is 2.60. The zero-order valence-electron chi connectivity index (χ0n) is 9.41. The maximum absolute atomic E-state index is 10.5. The molecule has 0 aliphatic carbocycles. The molecule has 0 aromatic heterocycles. The highest BCUT2D eigenvalue weighted by Crippen LogP contribution is 2.25. The molecule has 2 aromatic rings. The monoisotopic (exact) mass is 245 g/mol. The number of phenolic OH excluding ortho intramolecular Hbond substituents is 2. The molecule has 0 atom stereocenters. The number of non-ortho nitro benzene ring substituents is 1. The highest BCUT2D eigenvalue weighted by Gasteiger charge is 2.07. The van der Waals surface area contributed by atoms with Crippen LogP contribution in [0, 0.1) is 10.1 Å². The van der Waals surface area contributed by atoms with E-state index >= 15 is 0 Å². The Morgan fingerprint density at radius 3 is 2.28 bits per heavy atom. The molecule has 0 unspecified atom stereocenters. The van der Waals surface area contributed by atoms with Crippen LogP contribution in [0.3, 0.4) is 0 Å². The van der Waals surface area contributed by atoms with E-state index in [-0.39, 0.29) is 17.2 Å². The van der Waals surface area contributed by atoms with Crippen molar-refractivity contribution < 1.29 is 15.1 Å². The number of nitrogens with zero attached hydrogens (tertiary/aromatic N) is 1. The van der Waals surface area contributed by atoms with E-state index in [1.165, 1.54) is 24.3 Å². The average molecular weight is 245 g/mol. The number of benzene rings is 2. The van der Waals surface area contributed by atoms with E-state index in [1.54, 1.807) is 18.2 Å². The van der Waals surface area contributed by atoms with Crippen LogP contribution in [0.2, 0.25) is 0 Å². The average Bonchev–Trinajstić information content (AvgIpc) is 2.33. The molecule has 0 spiro atoms. The van der Waals surface area contributed by atoms with Gasteiger partial charge in [-0.1, -0.05) is 18.2 Å². The summed E-state index contributed by atoms with van der Waals surface area (Å²) in [6.07, 6.45) is 0.449. The molecule has 0 aliphatic heterocycles. The zero-order chi connectivity index (χ0) is 13.1. The summed E-state index contributed by atoms with van der Waals surface area (Å²) in [7, 11) is 0. The summed E-state index contributed by atoms with van der Waals surface area (Å²) in [4.78, 5) is 10.0. The minimum atomic E-state index is -0.457. The van der Waals surface area contributed by atoms with Crippen LogP contribution in [-0.4, -0.2) is 15.1 Å². The van der Waals surface area contributed by atoms with E-state index in [1.807, 2.05) is 0 Å². The number of aromatic hydroxyl groups is 2. The van der Waals surface area contributed by atoms with Crippen LogP contribution in [0.15, 0.2) is 42.5 Å². The van der Waals surface area contributed by atoms with Gasteiger partial charge in [0.25, 0.3) is 5.69 Å². The Kier molecular flexibility index (Phi) is 3.14. The number of nitro benzene ring substituents is 1. The predicted molar refractivity (Wildman–Crippen MR) is 65.7 cm³/mol. The first-order valence-electron chi connectivity index (χ1n) is 5.30. The van der Waals surface area contributed by atoms with Gasteiger partial charge in [-0.3, -0.25) is 10.1 Å². The fourth-order valence-corrected chi connectivity index (χ4v) is 1.66. The maximum Gasteiger partial charge on any atom is 0.269 e. The topological polar surface area (TPSA) is 83.6 Å². The molecule has 5 nitrogen and oxygen atoms in total. The van der Waals surface area contributed by atoms with Crippen LogP contribution in [-0.2, 0) is 6.42 Å². The molecular formula is C13H11NO4. The molecule has 0 fully saturated rings. The minimum Gasteiger partial charge on any atom is -0.508 e. The van der Waals surface area contributed by atoms with Crippen LogP contribution in [0.1, 0.15) is 11.1 Å². The van der Waals surface area contributed by atoms with Crippen LogP contribution in [0.4, 0.5) is 5.69 Å². The third-order valence-corrected chi connectivity index (χ3v) is 2.61. The molecule has 0 radical (unpaired) electrons. The standard InChI is InChI=1S/C13H11NO4/c15-12-6-3-10(13(16)8-12)7-9-1-4-11(5-2-9)14(17)18/h1-6,8,15-16H,7H2. The molecule has 92 valence electrons. The third kappa shape index (κ3) is 2.57. The fourth-order valence-electron chi connectivity index (χ4n) is 1.66. The molecule has 18 heavy (non-hydrogen) atoms. The number of hydrogen-bond acceptors (Lipinski definition) is 4. The van der Waals surface area contributed by atoms with Gasteiger partial charge in [0.05, 0.1) is 4.92 Å².